The molecule has 2 rings (SSSR count). The van der Waals surface area contributed by atoms with E-state index in [9.17, 15) is 4.79 Å². The third-order valence-electron chi connectivity index (χ3n) is 3.56. The molecule has 1 aliphatic carbocycles. The van der Waals surface area contributed by atoms with Crippen LogP contribution in [-0.2, 0) is 4.74 Å². The Morgan fingerprint density at radius 3 is 2.65 bits per heavy atom. The number of carbonyl (C=O) groups is 1. The van der Waals surface area contributed by atoms with Crippen molar-refractivity contribution in [3.05, 3.63) is 35.9 Å². The fraction of sp³-hybridized carbons (Fsp3) is 0.533. The van der Waals surface area contributed by atoms with Crippen LogP contribution in [0.1, 0.15) is 43.0 Å². The number of rotatable bonds is 4. The average molecular weight is 232 g/mol. The second kappa shape index (κ2) is 5.97. The Kier molecular flexibility index (Phi) is 4.32. The van der Waals surface area contributed by atoms with Crippen molar-refractivity contribution in [2.24, 2.45) is 5.92 Å². The van der Waals surface area contributed by atoms with Crippen molar-refractivity contribution in [3.8, 4) is 0 Å². The van der Waals surface area contributed by atoms with Gasteiger partial charge in [-0.25, -0.2) is 0 Å². The van der Waals surface area contributed by atoms with E-state index in [1.54, 1.807) is 0 Å². The highest BCUT2D eigenvalue weighted by Gasteiger charge is 2.22. The van der Waals surface area contributed by atoms with Gasteiger partial charge >= 0.3 is 0 Å². The highest BCUT2D eigenvalue weighted by atomic mass is 16.5. The Labute approximate surface area is 103 Å². The topological polar surface area (TPSA) is 26.3 Å². The van der Waals surface area contributed by atoms with E-state index in [4.69, 9.17) is 4.74 Å². The summed E-state index contributed by atoms with van der Waals surface area (Å²) >= 11 is 0. The molecule has 2 atom stereocenters. The second-order valence-electron chi connectivity index (χ2n) is 4.90. The maximum atomic E-state index is 11.9. The van der Waals surface area contributed by atoms with Crippen LogP contribution in [0, 0.1) is 5.92 Å². The van der Waals surface area contributed by atoms with Gasteiger partial charge in [-0.2, -0.15) is 0 Å². The number of ether oxygens (including phenoxy) is 1. The summed E-state index contributed by atoms with van der Waals surface area (Å²) in [7, 11) is 0. The van der Waals surface area contributed by atoms with E-state index in [0.717, 1.165) is 12.0 Å². The molecule has 0 saturated heterocycles. The number of ketones is 1. The smallest absolute Gasteiger partial charge is 0.188 e. The van der Waals surface area contributed by atoms with Crippen molar-refractivity contribution in [2.75, 3.05) is 6.61 Å². The van der Waals surface area contributed by atoms with Gasteiger partial charge in [0.15, 0.2) is 5.78 Å². The number of carbonyl (C=O) groups excluding carboxylic acids is 1. The molecule has 1 aliphatic rings. The van der Waals surface area contributed by atoms with E-state index < -0.39 is 0 Å². The standard InChI is InChI=1S/C15H20O2/c1-12-7-5-6-10-15(12)17-11-14(16)13-8-3-2-4-9-13/h2-4,8-9,12,15H,5-7,10-11H2,1H3. The van der Waals surface area contributed by atoms with Gasteiger partial charge in [-0.15, -0.1) is 0 Å². The maximum Gasteiger partial charge on any atom is 0.188 e. The molecule has 1 aromatic carbocycles. The molecule has 0 radical (unpaired) electrons. The molecular formula is C15H20O2. The van der Waals surface area contributed by atoms with Crippen LogP contribution in [0.4, 0.5) is 0 Å². The minimum atomic E-state index is 0.0865. The number of Topliss-reactive ketones (excluding diaryl/α,β-unsaturated/α-hetero) is 1. The van der Waals surface area contributed by atoms with Crippen LogP contribution in [0.25, 0.3) is 0 Å². The van der Waals surface area contributed by atoms with Gasteiger partial charge < -0.3 is 4.74 Å². The van der Waals surface area contributed by atoms with Gasteiger partial charge in [0.1, 0.15) is 6.61 Å². The lowest BCUT2D eigenvalue weighted by Crippen LogP contribution is -2.27. The lowest BCUT2D eigenvalue weighted by Gasteiger charge is -2.28. The van der Waals surface area contributed by atoms with E-state index >= 15 is 0 Å². The quantitative estimate of drug-likeness (QED) is 0.743. The first kappa shape index (κ1) is 12.3. The summed E-state index contributed by atoms with van der Waals surface area (Å²) in [6.07, 6.45) is 5.13. The fourth-order valence-electron chi connectivity index (χ4n) is 2.42. The molecule has 0 bridgehead atoms. The summed E-state index contributed by atoms with van der Waals surface area (Å²) in [4.78, 5) is 11.9. The summed E-state index contributed by atoms with van der Waals surface area (Å²) in [5.74, 6) is 0.677. The zero-order chi connectivity index (χ0) is 12.1. The SMILES string of the molecule is CC1CCCCC1OCC(=O)c1ccccc1. The minimum Gasteiger partial charge on any atom is -0.370 e. The largest absolute Gasteiger partial charge is 0.370 e. The molecule has 0 N–H and O–H groups in total. The first-order chi connectivity index (χ1) is 8.27. The normalized spacial score (nSPS) is 24.5. The molecule has 0 spiro atoms. The Bertz CT molecular complexity index is 358. The first-order valence-corrected chi connectivity index (χ1v) is 6.47. The zero-order valence-corrected chi connectivity index (χ0v) is 10.4. The fourth-order valence-corrected chi connectivity index (χ4v) is 2.42. The van der Waals surface area contributed by atoms with Gasteiger partial charge in [-0.05, 0) is 18.8 Å². The number of benzene rings is 1. The average Bonchev–Trinajstić information content (AvgIpc) is 2.38. The van der Waals surface area contributed by atoms with Gasteiger partial charge in [0.25, 0.3) is 0 Å². The molecule has 17 heavy (non-hydrogen) atoms. The Morgan fingerprint density at radius 1 is 1.24 bits per heavy atom. The maximum absolute atomic E-state index is 11.9. The Morgan fingerprint density at radius 2 is 1.94 bits per heavy atom. The van der Waals surface area contributed by atoms with Crippen molar-refractivity contribution in [1.29, 1.82) is 0 Å². The van der Waals surface area contributed by atoms with Crippen LogP contribution >= 0.6 is 0 Å². The highest BCUT2D eigenvalue weighted by molar-refractivity contribution is 5.96. The van der Waals surface area contributed by atoms with Crippen LogP contribution in [-0.4, -0.2) is 18.5 Å². The third-order valence-corrected chi connectivity index (χ3v) is 3.56. The van der Waals surface area contributed by atoms with Crippen molar-refractivity contribution in [1.82, 2.24) is 0 Å². The molecule has 2 unspecified atom stereocenters. The van der Waals surface area contributed by atoms with Crippen molar-refractivity contribution in [3.63, 3.8) is 0 Å². The molecule has 0 aliphatic heterocycles. The molecule has 2 heteroatoms. The van der Waals surface area contributed by atoms with Crippen LogP contribution in [0.3, 0.4) is 0 Å². The molecule has 0 heterocycles. The molecule has 0 aromatic heterocycles. The summed E-state index contributed by atoms with van der Waals surface area (Å²) in [5, 5.41) is 0. The van der Waals surface area contributed by atoms with E-state index in [1.807, 2.05) is 30.3 Å². The van der Waals surface area contributed by atoms with E-state index in [-0.39, 0.29) is 18.5 Å². The first-order valence-electron chi connectivity index (χ1n) is 6.47. The van der Waals surface area contributed by atoms with Crippen molar-refractivity contribution in [2.45, 2.75) is 38.7 Å². The molecular weight excluding hydrogens is 212 g/mol. The summed E-state index contributed by atoms with van der Waals surface area (Å²) in [6, 6.07) is 9.37. The monoisotopic (exact) mass is 232 g/mol. The van der Waals surface area contributed by atoms with E-state index in [2.05, 4.69) is 6.92 Å². The van der Waals surface area contributed by atoms with Crippen LogP contribution in [0.5, 0.6) is 0 Å². The zero-order valence-electron chi connectivity index (χ0n) is 10.4. The van der Waals surface area contributed by atoms with Crippen LogP contribution in [0.2, 0.25) is 0 Å². The summed E-state index contributed by atoms with van der Waals surface area (Å²) in [6.45, 7) is 2.44. The van der Waals surface area contributed by atoms with E-state index in [1.165, 1.54) is 19.3 Å². The second-order valence-corrected chi connectivity index (χ2v) is 4.90. The van der Waals surface area contributed by atoms with E-state index in [0.29, 0.717) is 5.92 Å². The number of hydrogen-bond acceptors (Lipinski definition) is 2. The predicted molar refractivity (Wildman–Crippen MR) is 68.1 cm³/mol. The summed E-state index contributed by atoms with van der Waals surface area (Å²) in [5.41, 5.74) is 0.746. The Balaban J connectivity index is 1.84. The number of hydrogen-bond donors (Lipinski definition) is 0. The van der Waals surface area contributed by atoms with Crippen LogP contribution in [0.15, 0.2) is 30.3 Å². The minimum absolute atomic E-state index is 0.0865. The molecule has 2 nitrogen and oxygen atoms in total. The molecule has 0 amide bonds. The molecule has 1 fully saturated rings. The molecule has 1 saturated carbocycles. The Hall–Kier alpha value is -1.15. The van der Waals surface area contributed by atoms with Gasteiger partial charge in [0.2, 0.25) is 0 Å². The third kappa shape index (κ3) is 3.40. The van der Waals surface area contributed by atoms with Gasteiger partial charge in [0.05, 0.1) is 6.10 Å². The van der Waals surface area contributed by atoms with Crippen molar-refractivity contribution >= 4 is 5.78 Å². The van der Waals surface area contributed by atoms with Crippen LogP contribution < -0.4 is 0 Å². The predicted octanol–water partition coefficient (Wildman–Crippen LogP) is 3.46. The lowest BCUT2D eigenvalue weighted by molar-refractivity contribution is 0.000750. The molecule has 1 aromatic rings. The van der Waals surface area contributed by atoms with Gasteiger partial charge in [-0.1, -0.05) is 50.1 Å². The van der Waals surface area contributed by atoms with Gasteiger partial charge in [0, 0.05) is 5.56 Å². The van der Waals surface area contributed by atoms with Gasteiger partial charge in [-0.3, -0.25) is 4.79 Å². The molecule has 92 valence electrons. The highest BCUT2D eigenvalue weighted by Crippen LogP contribution is 2.26. The lowest BCUT2D eigenvalue weighted by atomic mass is 9.88. The summed E-state index contributed by atoms with van der Waals surface area (Å²) < 4.78 is 5.76. The van der Waals surface area contributed by atoms with Crippen molar-refractivity contribution < 1.29 is 9.53 Å².